The zero-order valence-electron chi connectivity index (χ0n) is 8.65. The number of hydrogen-bond donors (Lipinski definition) is 2. The summed E-state index contributed by atoms with van der Waals surface area (Å²) in [6, 6.07) is 1.89. The minimum atomic E-state index is 0.0163. The molecule has 2 heterocycles. The molecular weight excluding hydrogens is 192 g/mol. The van der Waals surface area contributed by atoms with Crippen molar-refractivity contribution in [1.82, 2.24) is 20.4 Å². The molecule has 1 amide bonds. The Hall–Kier alpha value is -1.36. The number of amides is 1. The van der Waals surface area contributed by atoms with Gasteiger partial charge < -0.3 is 10.6 Å². The van der Waals surface area contributed by atoms with Crippen molar-refractivity contribution < 1.29 is 4.79 Å². The molecule has 1 aliphatic heterocycles. The van der Waals surface area contributed by atoms with Crippen LogP contribution in [0.2, 0.25) is 0 Å². The average molecular weight is 208 g/mol. The molecule has 1 saturated heterocycles. The van der Waals surface area contributed by atoms with Gasteiger partial charge in [-0.1, -0.05) is 0 Å². The van der Waals surface area contributed by atoms with E-state index in [9.17, 15) is 4.79 Å². The van der Waals surface area contributed by atoms with Crippen LogP contribution in [0.15, 0.2) is 18.5 Å². The number of nitrogens with zero attached hydrogens (tertiary/aromatic N) is 2. The quantitative estimate of drug-likeness (QED) is 0.717. The van der Waals surface area contributed by atoms with Crippen LogP contribution in [0, 0.1) is 0 Å². The van der Waals surface area contributed by atoms with Crippen molar-refractivity contribution >= 4 is 5.91 Å². The second kappa shape index (κ2) is 4.93. The van der Waals surface area contributed by atoms with Gasteiger partial charge >= 0.3 is 0 Å². The Morgan fingerprint density at radius 2 is 2.60 bits per heavy atom. The summed E-state index contributed by atoms with van der Waals surface area (Å²) in [5, 5.41) is 10.1. The van der Waals surface area contributed by atoms with E-state index >= 15 is 0 Å². The highest BCUT2D eigenvalue weighted by molar-refractivity contribution is 5.81. The van der Waals surface area contributed by atoms with Crippen LogP contribution in [-0.4, -0.2) is 34.8 Å². The number of aromatic nitrogens is 2. The normalized spacial score (nSPS) is 20.4. The SMILES string of the molecule is O=C(NCCn1cccn1)[C@@H]1CCCN1. The molecule has 0 aliphatic carbocycles. The largest absolute Gasteiger partial charge is 0.353 e. The Morgan fingerprint density at radius 3 is 3.27 bits per heavy atom. The van der Waals surface area contributed by atoms with Crippen molar-refractivity contribution in [1.29, 1.82) is 0 Å². The van der Waals surface area contributed by atoms with Gasteiger partial charge in [-0.25, -0.2) is 0 Å². The minimum absolute atomic E-state index is 0.0163. The summed E-state index contributed by atoms with van der Waals surface area (Å²) in [4.78, 5) is 11.6. The predicted molar refractivity (Wildman–Crippen MR) is 56.3 cm³/mol. The molecule has 0 bridgehead atoms. The third-order valence-corrected chi connectivity index (χ3v) is 2.58. The lowest BCUT2D eigenvalue weighted by atomic mass is 10.2. The van der Waals surface area contributed by atoms with Crippen LogP contribution in [0.5, 0.6) is 0 Å². The number of nitrogens with one attached hydrogen (secondary N) is 2. The molecule has 1 fully saturated rings. The topological polar surface area (TPSA) is 59.0 Å². The van der Waals surface area contributed by atoms with Crippen molar-refractivity contribution in [3.63, 3.8) is 0 Å². The molecule has 1 aromatic heterocycles. The predicted octanol–water partition coefficient (Wildman–Crippen LogP) is -0.249. The molecule has 15 heavy (non-hydrogen) atoms. The molecule has 5 heteroatoms. The molecule has 0 radical (unpaired) electrons. The maximum absolute atomic E-state index is 11.6. The van der Waals surface area contributed by atoms with E-state index in [1.54, 1.807) is 6.20 Å². The zero-order chi connectivity index (χ0) is 10.5. The van der Waals surface area contributed by atoms with E-state index in [4.69, 9.17) is 0 Å². The van der Waals surface area contributed by atoms with E-state index in [2.05, 4.69) is 15.7 Å². The van der Waals surface area contributed by atoms with Gasteiger partial charge in [0.25, 0.3) is 0 Å². The summed E-state index contributed by atoms with van der Waals surface area (Å²) in [5.41, 5.74) is 0. The first kappa shape index (κ1) is 10.2. The molecule has 82 valence electrons. The lowest BCUT2D eigenvalue weighted by Gasteiger charge is -2.10. The smallest absolute Gasteiger partial charge is 0.237 e. The Bertz CT molecular complexity index is 303. The van der Waals surface area contributed by atoms with Crippen molar-refractivity contribution in [3.8, 4) is 0 Å². The zero-order valence-corrected chi connectivity index (χ0v) is 8.65. The third-order valence-electron chi connectivity index (χ3n) is 2.58. The Kier molecular flexibility index (Phi) is 3.34. The Labute approximate surface area is 88.8 Å². The van der Waals surface area contributed by atoms with Crippen molar-refractivity contribution in [2.75, 3.05) is 13.1 Å². The van der Waals surface area contributed by atoms with E-state index in [1.165, 1.54) is 0 Å². The highest BCUT2D eigenvalue weighted by Gasteiger charge is 2.20. The minimum Gasteiger partial charge on any atom is -0.353 e. The Balaban J connectivity index is 1.67. The van der Waals surface area contributed by atoms with Gasteiger partial charge in [0.1, 0.15) is 0 Å². The van der Waals surface area contributed by atoms with E-state index < -0.39 is 0 Å². The van der Waals surface area contributed by atoms with Gasteiger partial charge in [-0.05, 0) is 25.5 Å². The summed E-state index contributed by atoms with van der Waals surface area (Å²) < 4.78 is 1.81. The van der Waals surface area contributed by atoms with Crippen LogP contribution in [0.3, 0.4) is 0 Å². The molecule has 2 N–H and O–H groups in total. The molecule has 2 rings (SSSR count). The number of rotatable bonds is 4. The van der Waals surface area contributed by atoms with E-state index in [1.807, 2.05) is 16.9 Å². The summed E-state index contributed by atoms with van der Waals surface area (Å²) >= 11 is 0. The first-order valence-corrected chi connectivity index (χ1v) is 5.35. The van der Waals surface area contributed by atoms with Crippen LogP contribution < -0.4 is 10.6 Å². The van der Waals surface area contributed by atoms with Gasteiger partial charge in [-0.15, -0.1) is 0 Å². The van der Waals surface area contributed by atoms with Gasteiger partial charge in [-0.3, -0.25) is 9.48 Å². The summed E-state index contributed by atoms with van der Waals surface area (Å²) in [6.07, 6.45) is 5.67. The van der Waals surface area contributed by atoms with Crippen LogP contribution in [0.4, 0.5) is 0 Å². The number of hydrogen-bond acceptors (Lipinski definition) is 3. The second-order valence-electron chi connectivity index (χ2n) is 3.71. The molecular formula is C10H16N4O. The van der Waals surface area contributed by atoms with E-state index in [0.29, 0.717) is 6.54 Å². The fourth-order valence-electron chi connectivity index (χ4n) is 1.76. The molecule has 1 aromatic rings. The summed E-state index contributed by atoms with van der Waals surface area (Å²) in [5.74, 6) is 0.111. The van der Waals surface area contributed by atoms with Crippen molar-refractivity contribution in [2.24, 2.45) is 0 Å². The van der Waals surface area contributed by atoms with E-state index in [-0.39, 0.29) is 11.9 Å². The van der Waals surface area contributed by atoms with Crippen LogP contribution in [0.1, 0.15) is 12.8 Å². The number of carbonyl (C=O) groups excluding carboxylic acids is 1. The molecule has 0 aromatic carbocycles. The maximum Gasteiger partial charge on any atom is 0.237 e. The Morgan fingerprint density at radius 1 is 1.67 bits per heavy atom. The van der Waals surface area contributed by atoms with Gasteiger partial charge in [0, 0.05) is 18.9 Å². The highest BCUT2D eigenvalue weighted by Crippen LogP contribution is 2.04. The summed E-state index contributed by atoms with van der Waals surface area (Å²) in [7, 11) is 0. The van der Waals surface area contributed by atoms with Crippen molar-refractivity contribution in [3.05, 3.63) is 18.5 Å². The van der Waals surface area contributed by atoms with Gasteiger partial charge in [0.05, 0.1) is 12.6 Å². The number of carbonyl (C=O) groups is 1. The second-order valence-corrected chi connectivity index (χ2v) is 3.71. The van der Waals surface area contributed by atoms with Crippen molar-refractivity contribution in [2.45, 2.75) is 25.4 Å². The van der Waals surface area contributed by atoms with Gasteiger partial charge in [0.2, 0.25) is 5.91 Å². The van der Waals surface area contributed by atoms with Gasteiger partial charge in [0.15, 0.2) is 0 Å². The fraction of sp³-hybridized carbons (Fsp3) is 0.600. The molecule has 0 saturated carbocycles. The summed E-state index contributed by atoms with van der Waals surface area (Å²) in [6.45, 7) is 2.32. The lowest BCUT2D eigenvalue weighted by Crippen LogP contribution is -2.41. The van der Waals surface area contributed by atoms with Crippen LogP contribution in [0.25, 0.3) is 0 Å². The molecule has 0 unspecified atom stereocenters. The van der Waals surface area contributed by atoms with Crippen LogP contribution >= 0.6 is 0 Å². The molecule has 0 spiro atoms. The lowest BCUT2D eigenvalue weighted by molar-refractivity contribution is -0.122. The highest BCUT2D eigenvalue weighted by atomic mass is 16.2. The molecule has 1 aliphatic rings. The molecule has 5 nitrogen and oxygen atoms in total. The fourth-order valence-corrected chi connectivity index (χ4v) is 1.76. The monoisotopic (exact) mass is 208 g/mol. The van der Waals surface area contributed by atoms with Gasteiger partial charge in [-0.2, -0.15) is 5.10 Å². The third kappa shape index (κ3) is 2.79. The first-order chi connectivity index (χ1) is 7.36. The standard InChI is InChI=1S/C10H16N4O/c15-10(9-3-1-4-11-9)12-6-8-14-7-2-5-13-14/h2,5,7,9,11H,1,3-4,6,8H2,(H,12,15)/t9-/m0/s1. The maximum atomic E-state index is 11.6. The van der Waals surface area contributed by atoms with E-state index in [0.717, 1.165) is 25.9 Å². The average Bonchev–Trinajstić information content (AvgIpc) is 2.90. The molecule has 1 atom stereocenters. The van der Waals surface area contributed by atoms with Crippen LogP contribution in [-0.2, 0) is 11.3 Å². The first-order valence-electron chi connectivity index (χ1n) is 5.35.